The Bertz CT molecular complexity index is 1030. The summed E-state index contributed by atoms with van der Waals surface area (Å²) in [4.78, 5) is 12.8. The minimum absolute atomic E-state index is 0.0970. The predicted octanol–water partition coefficient (Wildman–Crippen LogP) is 6.22. The molecule has 3 aromatic carbocycles. The molecule has 0 bridgehead atoms. The highest BCUT2D eigenvalue weighted by Gasteiger charge is 2.19. The average Bonchev–Trinajstić information content (AvgIpc) is 2.70. The number of hydrogen-bond acceptors (Lipinski definition) is 3. The van der Waals surface area contributed by atoms with Gasteiger partial charge in [-0.1, -0.05) is 68.8 Å². The van der Waals surface area contributed by atoms with Gasteiger partial charge in [-0.25, -0.2) is 0 Å². The van der Waals surface area contributed by atoms with Gasteiger partial charge in [0.25, 0.3) is 5.91 Å². The molecule has 0 unspecified atom stereocenters. The molecule has 4 nitrogen and oxygen atoms in total. The number of ether oxygens (including phenoxy) is 1. The summed E-state index contributed by atoms with van der Waals surface area (Å²) in [5, 5.41) is 13.3. The quantitative estimate of drug-likeness (QED) is 0.495. The largest absolute Gasteiger partial charge is 0.507 e. The summed E-state index contributed by atoms with van der Waals surface area (Å²) >= 11 is 5.99. The smallest absolute Gasteiger partial charge is 0.259 e. The van der Waals surface area contributed by atoms with Gasteiger partial charge in [-0.15, -0.1) is 0 Å². The van der Waals surface area contributed by atoms with Crippen LogP contribution in [0.1, 0.15) is 42.3 Å². The van der Waals surface area contributed by atoms with Crippen LogP contribution < -0.4 is 10.1 Å². The zero-order valence-electron chi connectivity index (χ0n) is 17.4. The Labute approximate surface area is 182 Å². The third-order valence-electron chi connectivity index (χ3n) is 4.79. The van der Waals surface area contributed by atoms with Crippen molar-refractivity contribution in [2.75, 3.05) is 11.9 Å². The van der Waals surface area contributed by atoms with E-state index >= 15 is 0 Å². The molecule has 0 aromatic heterocycles. The van der Waals surface area contributed by atoms with Crippen molar-refractivity contribution >= 4 is 23.2 Å². The average molecular weight is 424 g/mol. The molecule has 0 fully saturated rings. The molecule has 156 valence electrons. The van der Waals surface area contributed by atoms with Crippen molar-refractivity contribution in [3.63, 3.8) is 0 Å². The first kappa shape index (κ1) is 21.7. The molecule has 0 atom stereocenters. The van der Waals surface area contributed by atoms with Crippen LogP contribution in [0.3, 0.4) is 0 Å². The van der Waals surface area contributed by atoms with Gasteiger partial charge < -0.3 is 15.2 Å². The Balaban J connectivity index is 1.83. The van der Waals surface area contributed by atoms with Crippen LogP contribution in [0.2, 0.25) is 5.02 Å². The molecule has 0 saturated heterocycles. The first-order valence-electron chi connectivity index (χ1n) is 9.85. The lowest BCUT2D eigenvalue weighted by Crippen LogP contribution is -2.16. The number of carbonyl (C=O) groups is 1. The summed E-state index contributed by atoms with van der Waals surface area (Å²) in [7, 11) is 0. The molecule has 0 aliphatic heterocycles. The Morgan fingerprint density at radius 2 is 1.77 bits per heavy atom. The number of rotatable bonds is 6. The summed E-state index contributed by atoms with van der Waals surface area (Å²) in [6.07, 6.45) is 0.754. The van der Waals surface area contributed by atoms with Crippen LogP contribution >= 0.6 is 11.6 Å². The molecule has 0 aliphatic carbocycles. The molecule has 3 aromatic rings. The molecule has 0 saturated carbocycles. The number of nitrogens with one attached hydrogen (secondary N) is 1. The lowest BCUT2D eigenvalue weighted by molar-refractivity contribution is 0.102. The fraction of sp³-hybridized carbons (Fsp3) is 0.240. The molecular weight excluding hydrogens is 398 g/mol. The summed E-state index contributed by atoms with van der Waals surface area (Å²) in [5.74, 6) is -0.00168. The van der Waals surface area contributed by atoms with E-state index in [0.29, 0.717) is 23.1 Å². The second kappa shape index (κ2) is 9.23. The molecule has 1 amide bonds. The molecule has 0 spiro atoms. The molecular formula is C25H26ClNO3. The number of hydrogen-bond donors (Lipinski definition) is 2. The number of halogens is 1. The van der Waals surface area contributed by atoms with Gasteiger partial charge in [0.05, 0.1) is 17.9 Å². The van der Waals surface area contributed by atoms with Crippen LogP contribution in [0.15, 0.2) is 66.7 Å². The van der Waals surface area contributed by atoms with Crippen molar-refractivity contribution in [1.82, 2.24) is 0 Å². The third-order valence-corrected chi connectivity index (χ3v) is 5.02. The van der Waals surface area contributed by atoms with Crippen molar-refractivity contribution in [3.05, 3.63) is 88.4 Å². The fourth-order valence-electron chi connectivity index (χ4n) is 3.02. The zero-order chi connectivity index (χ0) is 21.7. The highest BCUT2D eigenvalue weighted by atomic mass is 35.5. The van der Waals surface area contributed by atoms with E-state index in [1.165, 1.54) is 23.8 Å². The second-order valence-corrected chi connectivity index (χ2v) is 8.60. The molecule has 3 rings (SSSR count). The lowest BCUT2D eigenvalue weighted by atomic mass is 9.87. The van der Waals surface area contributed by atoms with Gasteiger partial charge in [0, 0.05) is 11.4 Å². The fourth-order valence-corrected chi connectivity index (χ4v) is 3.20. The lowest BCUT2D eigenvalue weighted by Gasteiger charge is -2.22. The van der Waals surface area contributed by atoms with Crippen LogP contribution in [-0.2, 0) is 11.8 Å². The summed E-state index contributed by atoms with van der Waals surface area (Å²) in [6.45, 7) is 6.79. The van der Waals surface area contributed by atoms with Crippen molar-refractivity contribution in [3.8, 4) is 11.5 Å². The monoisotopic (exact) mass is 423 g/mol. The maximum Gasteiger partial charge on any atom is 0.259 e. The number of phenols is 1. The molecule has 0 radical (unpaired) electrons. The van der Waals surface area contributed by atoms with Crippen LogP contribution in [-0.4, -0.2) is 17.6 Å². The number of carbonyl (C=O) groups excluding carboxylic acids is 1. The molecule has 2 N–H and O–H groups in total. The SMILES string of the molecule is CC(C)(C)c1ccc(OCCc2ccccc2)c(NC(=O)c2cc(Cl)ccc2O)c1. The summed E-state index contributed by atoms with van der Waals surface area (Å²) in [5.41, 5.74) is 2.81. The molecule has 5 heteroatoms. The maximum absolute atomic E-state index is 12.8. The van der Waals surface area contributed by atoms with Crippen LogP contribution in [0, 0.1) is 0 Å². The van der Waals surface area contributed by atoms with E-state index < -0.39 is 5.91 Å². The number of anilines is 1. The van der Waals surface area contributed by atoms with E-state index in [0.717, 1.165) is 12.0 Å². The van der Waals surface area contributed by atoms with Crippen LogP contribution in [0.5, 0.6) is 11.5 Å². The van der Waals surface area contributed by atoms with E-state index in [2.05, 4.69) is 38.2 Å². The number of phenolic OH excluding ortho intramolecular Hbond substituents is 1. The van der Waals surface area contributed by atoms with E-state index in [-0.39, 0.29) is 16.7 Å². The number of benzene rings is 3. The number of aromatic hydroxyl groups is 1. The first-order chi connectivity index (χ1) is 14.2. The third kappa shape index (κ3) is 5.55. The summed E-state index contributed by atoms with van der Waals surface area (Å²) in [6, 6.07) is 20.2. The van der Waals surface area contributed by atoms with Crippen molar-refractivity contribution in [2.24, 2.45) is 0 Å². The van der Waals surface area contributed by atoms with Gasteiger partial charge >= 0.3 is 0 Å². The van der Waals surface area contributed by atoms with Crippen molar-refractivity contribution < 1.29 is 14.6 Å². The normalized spacial score (nSPS) is 11.2. The van der Waals surface area contributed by atoms with Crippen molar-refractivity contribution in [1.29, 1.82) is 0 Å². The maximum atomic E-state index is 12.8. The van der Waals surface area contributed by atoms with Crippen LogP contribution in [0.4, 0.5) is 5.69 Å². The standard InChI is InChI=1S/C25H26ClNO3/c1-25(2,3)18-9-12-23(30-14-13-17-7-5-4-6-8-17)21(15-18)27-24(29)20-16-19(26)10-11-22(20)28/h4-12,15-16,28H,13-14H2,1-3H3,(H,27,29). The highest BCUT2D eigenvalue weighted by molar-refractivity contribution is 6.31. The van der Waals surface area contributed by atoms with E-state index in [1.807, 2.05) is 36.4 Å². The number of amides is 1. The molecule has 0 aliphatic rings. The predicted molar refractivity (Wildman–Crippen MR) is 122 cm³/mol. The van der Waals surface area contributed by atoms with Gasteiger partial charge in [-0.05, 0) is 46.9 Å². The van der Waals surface area contributed by atoms with E-state index in [4.69, 9.17) is 16.3 Å². The Morgan fingerprint density at radius 1 is 1.03 bits per heavy atom. The van der Waals surface area contributed by atoms with Crippen molar-refractivity contribution in [2.45, 2.75) is 32.6 Å². The van der Waals surface area contributed by atoms with Gasteiger partial charge in [-0.2, -0.15) is 0 Å². The van der Waals surface area contributed by atoms with Crippen LogP contribution in [0.25, 0.3) is 0 Å². The summed E-state index contributed by atoms with van der Waals surface area (Å²) < 4.78 is 6.00. The Morgan fingerprint density at radius 3 is 2.47 bits per heavy atom. The van der Waals surface area contributed by atoms with E-state index in [1.54, 1.807) is 0 Å². The highest BCUT2D eigenvalue weighted by Crippen LogP contribution is 2.33. The van der Waals surface area contributed by atoms with E-state index in [9.17, 15) is 9.90 Å². The van der Waals surface area contributed by atoms with Gasteiger partial charge in [0.1, 0.15) is 11.5 Å². The minimum Gasteiger partial charge on any atom is -0.507 e. The Hall–Kier alpha value is -2.98. The molecule has 0 heterocycles. The molecule has 30 heavy (non-hydrogen) atoms. The van der Waals surface area contributed by atoms with Gasteiger partial charge in [-0.3, -0.25) is 4.79 Å². The van der Waals surface area contributed by atoms with Gasteiger partial charge in [0.15, 0.2) is 0 Å². The first-order valence-corrected chi connectivity index (χ1v) is 10.2. The Kier molecular flexibility index (Phi) is 6.68. The van der Waals surface area contributed by atoms with Gasteiger partial charge in [0.2, 0.25) is 0 Å². The second-order valence-electron chi connectivity index (χ2n) is 8.16. The zero-order valence-corrected chi connectivity index (χ0v) is 18.2. The topological polar surface area (TPSA) is 58.6 Å². The minimum atomic E-state index is -0.450.